The minimum absolute atomic E-state index is 0.00882. The zero-order valence-corrected chi connectivity index (χ0v) is 19.9. The number of hydrogen-bond donors (Lipinski definition) is 0. The van der Waals surface area contributed by atoms with Gasteiger partial charge in [-0.2, -0.15) is 0 Å². The van der Waals surface area contributed by atoms with E-state index in [0.29, 0.717) is 28.8 Å². The third-order valence-electron chi connectivity index (χ3n) is 5.13. The fraction of sp³-hybridized carbons (Fsp3) is 0.565. The first-order valence-electron chi connectivity index (χ1n) is 10.7. The number of benzene rings is 1. The first kappa shape index (κ1) is 25.2. The fourth-order valence-electron chi connectivity index (χ4n) is 3.66. The number of hydrogen-bond acceptors (Lipinski definition) is 7. The van der Waals surface area contributed by atoms with Gasteiger partial charge in [0, 0.05) is 31.1 Å². The Hall–Kier alpha value is -3.10. The maximum atomic E-state index is 12.8. The van der Waals surface area contributed by atoms with Crippen molar-refractivity contribution in [2.24, 2.45) is 0 Å². The van der Waals surface area contributed by atoms with Gasteiger partial charge in [0.2, 0.25) is 0 Å². The highest BCUT2D eigenvalue weighted by Crippen LogP contribution is 2.29. The van der Waals surface area contributed by atoms with E-state index in [1.165, 1.54) is 25.1 Å². The van der Waals surface area contributed by atoms with E-state index >= 15 is 0 Å². The van der Waals surface area contributed by atoms with Gasteiger partial charge in [-0.15, -0.1) is 0 Å². The van der Waals surface area contributed by atoms with E-state index in [-0.39, 0.29) is 36.5 Å². The highest BCUT2D eigenvalue weighted by Gasteiger charge is 2.27. The molecular weight excluding hydrogens is 414 g/mol. The van der Waals surface area contributed by atoms with Gasteiger partial charge in [-0.1, -0.05) is 0 Å². The third kappa shape index (κ3) is 5.77. The predicted octanol–water partition coefficient (Wildman–Crippen LogP) is 2.77. The topological polar surface area (TPSA) is 100.0 Å². The second-order valence-electron chi connectivity index (χ2n) is 8.14. The first-order valence-corrected chi connectivity index (χ1v) is 10.7. The van der Waals surface area contributed by atoms with Crippen LogP contribution in [0.5, 0.6) is 11.5 Å². The number of ether oxygens (including phenoxy) is 3. The number of rotatable bonds is 10. The Balaban J connectivity index is 2.01. The van der Waals surface area contributed by atoms with E-state index in [1.54, 1.807) is 24.0 Å². The lowest BCUT2D eigenvalue weighted by Gasteiger charge is -2.32. The van der Waals surface area contributed by atoms with Crippen molar-refractivity contribution in [2.75, 3.05) is 14.2 Å². The fourth-order valence-corrected chi connectivity index (χ4v) is 3.66. The number of nitrogens with zero attached hydrogens (tertiary/aromatic N) is 3. The highest BCUT2D eigenvalue weighted by molar-refractivity contribution is 5.84. The standard InChI is InChI=1S/C23H33N3O6/c1-14(2)26(15(3)4)22(28)16(5)32-21(27)9-8-10-25-13-24-18-12-20(31-7)19(30-6)11-17(18)23(25)29/h11-16H,8-10H2,1-7H3. The van der Waals surface area contributed by atoms with Crippen molar-refractivity contribution in [3.8, 4) is 11.5 Å². The summed E-state index contributed by atoms with van der Waals surface area (Å²) < 4.78 is 17.3. The van der Waals surface area contributed by atoms with Crippen LogP contribution >= 0.6 is 0 Å². The van der Waals surface area contributed by atoms with Crippen molar-refractivity contribution in [3.05, 3.63) is 28.8 Å². The molecule has 0 saturated carbocycles. The van der Waals surface area contributed by atoms with Crippen LogP contribution in [0.15, 0.2) is 23.3 Å². The molecule has 0 aliphatic rings. The molecule has 0 spiro atoms. The number of carbonyl (C=O) groups excluding carboxylic acids is 2. The largest absolute Gasteiger partial charge is 0.493 e. The molecule has 0 saturated heterocycles. The third-order valence-corrected chi connectivity index (χ3v) is 5.13. The molecule has 176 valence electrons. The Morgan fingerprint density at radius 1 is 1.03 bits per heavy atom. The van der Waals surface area contributed by atoms with Crippen LogP contribution in [0.2, 0.25) is 0 Å². The van der Waals surface area contributed by atoms with Gasteiger partial charge in [-0.3, -0.25) is 19.0 Å². The number of carbonyl (C=O) groups is 2. The van der Waals surface area contributed by atoms with E-state index < -0.39 is 12.1 Å². The molecule has 9 heteroatoms. The summed E-state index contributed by atoms with van der Waals surface area (Å²) in [6, 6.07) is 3.26. The number of methoxy groups -OCH3 is 2. The maximum Gasteiger partial charge on any atom is 0.306 e. The first-order chi connectivity index (χ1) is 15.1. The quantitative estimate of drug-likeness (QED) is 0.516. The SMILES string of the molecule is COc1cc2ncn(CCCC(=O)OC(C)C(=O)N(C(C)C)C(C)C)c(=O)c2cc1OC. The van der Waals surface area contributed by atoms with Gasteiger partial charge in [-0.25, -0.2) is 4.98 Å². The van der Waals surface area contributed by atoms with Crippen LogP contribution in [0.3, 0.4) is 0 Å². The molecule has 1 aromatic carbocycles. The van der Waals surface area contributed by atoms with Gasteiger partial charge in [-0.05, 0) is 47.1 Å². The van der Waals surface area contributed by atoms with Crippen molar-refractivity contribution in [3.63, 3.8) is 0 Å². The smallest absolute Gasteiger partial charge is 0.306 e. The van der Waals surface area contributed by atoms with Crippen LogP contribution in [0.4, 0.5) is 0 Å². The summed E-state index contributed by atoms with van der Waals surface area (Å²) in [4.78, 5) is 43.6. The van der Waals surface area contributed by atoms with Gasteiger partial charge in [0.15, 0.2) is 17.6 Å². The Labute approximate surface area is 188 Å². The second kappa shape index (κ2) is 11.0. The summed E-state index contributed by atoms with van der Waals surface area (Å²) in [5.74, 6) is 0.231. The van der Waals surface area contributed by atoms with Crippen molar-refractivity contribution in [1.29, 1.82) is 0 Å². The van der Waals surface area contributed by atoms with E-state index in [1.807, 2.05) is 27.7 Å². The van der Waals surface area contributed by atoms with E-state index in [9.17, 15) is 14.4 Å². The molecule has 0 aliphatic heterocycles. The lowest BCUT2D eigenvalue weighted by atomic mass is 10.2. The zero-order valence-electron chi connectivity index (χ0n) is 19.9. The lowest BCUT2D eigenvalue weighted by Crippen LogP contribution is -2.47. The Kier molecular flexibility index (Phi) is 8.63. The van der Waals surface area contributed by atoms with Crippen molar-refractivity contribution < 1.29 is 23.8 Å². The summed E-state index contributed by atoms with van der Waals surface area (Å²) in [6.07, 6.45) is 1.03. The minimum atomic E-state index is -0.861. The number of fused-ring (bicyclic) bond motifs is 1. The molecule has 2 rings (SSSR count). The van der Waals surface area contributed by atoms with Crippen LogP contribution in [0.25, 0.3) is 10.9 Å². The molecule has 2 aromatic rings. The number of esters is 1. The number of aromatic nitrogens is 2. The summed E-state index contributed by atoms with van der Waals surface area (Å²) in [7, 11) is 3.01. The lowest BCUT2D eigenvalue weighted by molar-refractivity contribution is -0.161. The van der Waals surface area contributed by atoms with Crippen molar-refractivity contribution >= 4 is 22.8 Å². The molecule has 1 heterocycles. The summed E-state index contributed by atoms with van der Waals surface area (Å²) in [5, 5.41) is 0.398. The molecule has 1 atom stereocenters. The molecule has 1 aromatic heterocycles. The van der Waals surface area contributed by atoms with E-state index in [2.05, 4.69) is 4.98 Å². The Morgan fingerprint density at radius 3 is 2.19 bits per heavy atom. The Bertz CT molecular complexity index is 1010. The average Bonchev–Trinajstić information content (AvgIpc) is 2.73. The van der Waals surface area contributed by atoms with Crippen LogP contribution in [0, 0.1) is 0 Å². The predicted molar refractivity (Wildman–Crippen MR) is 121 cm³/mol. The molecule has 0 bridgehead atoms. The molecule has 1 amide bonds. The number of aryl methyl sites for hydroxylation is 1. The maximum absolute atomic E-state index is 12.8. The van der Waals surface area contributed by atoms with E-state index in [4.69, 9.17) is 14.2 Å². The van der Waals surface area contributed by atoms with Crippen LogP contribution in [0.1, 0.15) is 47.5 Å². The van der Waals surface area contributed by atoms with Gasteiger partial charge in [0.05, 0.1) is 31.4 Å². The van der Waals surface area contributed by atoms with Gasteiger partial charge >= 0.3 is 5.97 Å². The zero-order chi connectivity index (χ0) is 24.0. The minimum Gasteiger partial charge on any atom is -0.493 e. The highest BCUT2D eigenvalue weighted by atomic mass is 16.5. The van der Waals surface area contributed by atoms with Gasteiger partial charge in [0.1, 0.15) is 0 Å². The van der Waals surface area contributed by atoms with Crippen molar-refractivity contribution in [1.82, 2.24) is 14.5 Å². The monoisotopic (exact) mass is 447 g/mol. The number of amides is 1. The summed E-state index contributed by atoms with van der Waals surface area (Å²) >= 11 is 0. The van der Waals surface area contributed by atoms with Crippen LogP contribution in [-0.2, 0) is 20.9 Å². The molecule has 1 unspecified atom stereocenters. The summed E-state index contributed by atoms with van der Waals surface area (Å²) in [6.45, 7) is 9.57. The van der Waals surface area contributed by atoms with Gasteiger partial charge in [0.25, 0.3) is 11.5 Å². The van der Waals surface area contributed by atoms with Crippen LogP contribution in [-0.4, -0.2) is 58.7 Å². The van der Waals surface area contributed by atoms with E-state index in [0.717, 1.165) is 0 Å². The molecule has 0 N–H and O–H groups in total. The molecule has 0 radical (unpaired) electrons. The van der Waals surface area contributed by atoms with Gasteiger partial charge < -0.3 is 19.1 Å². The van der Waals surface area contributed by atoms with Crippen molar-refractivity contribution in [2.45, 2.75) is 72.2 Å². The molecule has 32 heavy (non-hydrogen) atoms. The average molecular weight is 448 g/mol. The normalized spacial score (nSPS) is 12.2. The Morgan fingerprint density at radius 2 is 1.62 bits per heavy atom. The second-order valence-corrected chi connectivity index (χ2v) is 8.14. The molecule has 0 fully saturated rings. The molecule has 0 aliphatic carbocycles. The molecule has 9 nitrogen and oxygen atoms in total. The molecular formula is C23H33N3O6. The van der Waals surface area contributed by atoms with Crippen LogP contribution < -0.4 is 15.0 Å². The summed E-state index contributed by atoms with van der Waals surface area (Å²) in [5.41, 5.74) is 0.257.